The Morgan fingerprint density at radius 3 is 2.48 bits per heavy atom. The van der Waals surface area contributed by atoms with E-state index in [1.54, 1.807) is 6.08 Å². The number of hydrogen-bond donors (Lipinski definition) is 0. The van der Waals surface area contributed by atoms with Crippen LogP contribution in [0.3, 0.4) is 0 Å². The molecule has 1 saturated carbocycles. The lowest BCUT2D eigenvalue weighted by Gasteiger charge is -2.28. The summed E-state index contributed by atoms with van der Waals surface area (Å²) in [6.45, 7) is 6.08. The van der Waals surface area contributed by atoms with Gasteiger partial charge in [0.05, 0.1) is 5.56 Å². The predicted molar refractivity (Wildman–Crippen MR) is 86.5 cm³/mol. The number of carbonyl (C=O) groups excluding carboxylic acids is 1. The first-order valence-corrected chi connectivity index (χ1v) is 8.12. The fourth-order valence-electron chi connectivity index (χ4n) is 3.30. The third kappa shape index (κ3) is 4.45. The zero-order chi connectivity index (χ0) is 15.1. The minimum atomic E-state index is -0.270. The minimum Gasteiger partial charge on any atom is -0.458 e. The average molecular weight is 286 g/mol. The summed E-state index contributed by atoms with van der Waals surface area (Å²) in [5.41, 5.74) is 1.99. The SMILES string of the molecule is C=CCOC(=O)c1ccc([C@H]2CC[C@H](CCC)CC2)cc1. The van der Waals surface area contributed by atoms with Crippen LogP contribution in [0.2, 0.25) is 0 Å². The highest BCUT2D eigenvalue weighted by Gasteiger charge is 2.21. The fourth-order valence-corrected chi connectivity index (χ4v) is 3.30. The van der Waals surface area contributed by atoms with E-state index in [4.69, 9.17) is 4.74 Å². The smallest absolute Gasteiger partial charge is 0.338 e. The van der Waals surface area contributed by atoms with Gasteiger partial charge in [0.15, 0.2) is 0 Å². The first kappa shape index (κ1) is 15.8. The van der Waals surface area contributed by atoms with Gasteiger partial charge in [-0.1, -0.05) is 44.6 Å². The molecule has 0 saturated heterocycles. The second-order valence-corrected chi connectivity index (χ2v) is 6.02. The second-order valence-electron chi connectivity index (χ2n) is 6.02. The van der Waals surface area contributed by atoms with Gasteiger partial charge < -0.3 is 4.74 Å². The Labute approximate surface area is 128 Å². The summed E-state index contributed by atoms with van der Waals surface area (Å²) in [4.78, 5) is 11.7. The molecule has 0 bridgehead atoms. The second kappa shape index (κ2) is 8.02. The molecule has 1 aliphatic rings. The van der Waals surface area contributed by atoms with Crippen LogP contribution in [-0.2, 0) is 4.74 Å². The Hall–Kier alpha value is -1.57. The highest BCUT2D eigenvalue weighted by Crippen LogP contribution is 2.37. The Kier molecular flexibility index (Phi) is 6.04. The van der Waals surface area contributed by atoms with E-state index >= 15 is 0 Å². The van der Waals surface area contributed by atoms with Gasteiger partial charge in [0, 0.05) is 0 Å². The topological polar surface area (TPSA) is 26.3 Å². The molecule has 2 rings (SSSR count). The summed E-state index contributed by atoms with van der Waals surface area (Å²) in [5.74, 6) is 1.32. The molecule has 0 radical (unpaired) electrons. The summed E-state index contributed by atoms with van der Waals surface area (Å²) >= 11 is 0. The predicted octanol–water partition coefficient (Wildman–Crippen LogP) is 5.10. The molecule has 0 atom stereocenters. The van der Waals surface area contributed by atoms with Gasteiger partial charge in [-0.05, 0) is 55.2 Å². The van der Waals surface area contributed by atoms with Crippen molar-refractivity contribution in [3.63, 3.8) is 0 Å². The Morgan fingerprint density at radius 1 is 1.24 bits per heavy atom. The van der Waals surface area contributed by atoms with E-state index in [0.717, 1.165) is 5.92 Å². The molecule has 1 aromatic rings. The first-order chi connectivity index (χ1) is 10.2. The van der Waals surface area contributed by atoms with Gasteiger partial charge in [-0.15, -0.1) is 0 Å². The Bertz CT molecular complexity index is 453. The molecular weight excluding hydrogens is 260 g/mol. The standard InChI is InChI=1S/C19H26O2/c1-3-5-15-6-8-16(9-7-15)17-10-12-18(13-11-17)19(20)21-14-4-2/h4,10-13,15-16H,2-3,5-9,14H2,1H3/t15-,16-. The maximum atomic E-state index is 11.7. The highest BCUT2D eigenvalue weighted by atomic mass is 16.5. The number of esters is 1. The molecule has 0 unspecified atom stereocenters. The summed E-state index contributed by atoms with van der Waals surface area (Å²) < 4.78 is 5.05. The van der Waals surface area contributed by atoms with E-state index in [9.17, 15) is 4.79 Å². The Balaban J connectivity index is 1.90. The number of carbonyl (C=O) groups is 1. The molecular formula is C19H26O2. The third-order valence-corrected chi connectivity index (χ3v) is 4.49. The van der Waals surface area contributed by atoms with Gasteiger partial charge in [0.25, 0.3) is 0 Å². The van der Waals surface area contributed by atoms with Crippen LogP contribution >= 0.6 is 0 Å². The molecule has 0 aliphatic heterocycles. The molecule has 2 heteroatoms. The maximum absolute atomic E-state index is 11.7. The van der Waals surface area contributed by atoms with Crippen molar-refractivity contribution in [1.82, 2.24) is 0 Å². The molecule has 0 N–H and O–H groups in total. The molecule has 114 valence electrons. The molecule has 21 heavy (non-hydrogen) atoms. The lowest BCUT2D eigenvalue weighted by atomic mass is 9.77. The summed E-state index contributed by atoms with van der Waals surface area (Å²) in [6, 6.07) is 7.96. The van der Waals surface area contributed by atoms with Crippen molar-refractivity contribution in [3.05, 3.63) is 48.0 Å². The van der Waals surface area contributed by atoms with Gasteiger partial charge in [-0.25, -0.2) is 4.79 Å². The lowest BCUT2D eigenvalue weighted by molar-refractivity contribution is 0.0549. The summed E-state index contributed by atoms with van der Waals surface area (Å²) in [7, 11) is 0. The molecule has 1 fully saturated rings. The highest BCUT2D eigenvalue weighted by molar-refractivity contribution is 5.89. The lowest BCUT2D eigenvalue weighted by Crippen LogP contribution is -2.13. The third-order valence-electron chi connectivity index (χ3n) is 4.49. The summed E-state index contributed by atoms with van der Waals surface area (Å²) in [5, 5.41) is 0. The van der Waals surface area contributed by atoms with Crippen LogP contribution in [0.5, 0.6) is 0 Å². The minimum absolute atomic E-state index is 0.266. The van der Waals surface area contributed by atoms with Crippen molar-refractivity contribution in [2.45, 2.75) is 51.4 Å². The van der Waals surface area contributed by atoms with E-state index in [1.165, 1.54) is 44.1 Å². The molecule has 1 aliphatic carbocycles. The van der Waals surface area contributed by atoms with Crippen LogP contribution in [0, 0.1) is 5.92 Å². The van der Waals surface area contributed by atoms with E-state index in [0.29, 0.717) is 11.5 Å². The van der Waals surface area contributed by atoms with Gasteiger partial charge >= 0.3 is 5.97 Å². The van der Waals surface area contributed by atoms with Gasteiger partial charge in [0.2, 0.25) is 0 Å². The maximum Gasteiger partial charge on any atom is 0.338 e. The molecule has 0 heterocycles. The van der Waals surface area contributed by atoms with Gasteiger partial charge in [-0.3, -0.25) is 0 Å². The van der Waals surface area contributed by atoms with Crippen LogP contribution in [0.15, 0.2) is 36.9 Å². The summed E-state index contributed by atoms with van der Waals surface area (Å²) in [6.07, 6.45) is 9.53. The molecule has 0 amide bonds. The van der Waals surface area contributed by atoms with Crippen molar-refractivity contribution in [2.75, 3.05) is 6.61 Å². The van der Waals surface area contributed by atoms with Crippen molar-refractivity contribution in [2.24, 2.45) is 5.92 Å². The first-order valence-electron chi connectivity index (χ1n) is 8.12. The normalized spacial score (nSPS) is 21.8. The van der Waals surface area contributed by atoms with Crippen molar-refractivity contribution < 1.29 is 9.53 Å². The molecule has 1 aromatic carbocycles. The van der Waals surface area contributed by atoms with E-state index in [2.05, 4.69) is 25.6 Å². The van der Waals surface area contributed by atoms with Crippen LogP contribution in [0.4, 0.5) is 0 Å². The molecule has 0 aromatic heterocycles. The van der Waals surface area contributed by atoms with Crippen molar-refractivity contribution in [1.29, 1.82) is 0 Å². The largest absolute Gasteiger partial charge is 0.458 e. The Morgan fingerprint density at radius 2 is 1.90 bits per heavy atom. The van der Waals surface area contributed by atoms with E-state index in [-0.39, 0.29) is 12.6 Å². The van der Waals surface area contributed by atoms with Gasteiger partial charge in [0.1, 0.15) is 6.61 Å². The fraction of sp³-hybridized carbons (Fsp3) is 0.526. The quantitative estimate of drug-likeness (QED) is 0.537. The monoisotopic (exact) mass is 286 g/mol. The number of rotatable bonds is 6. The zero-order valence-corrected chi connectivity index (χ0v) is 13.0. The van der Waals surface area contributed by atoms with Crippen LogP contribution < -0.4 is 0 Å². The molecule has 2 nitrogen and oxygen atoms in total. The van der Waals surface area contributed by atoms with Crippen LogP contribution in [0.25, 0.3) is 0 Å². The van der Waals surface area contributed by atoms with E-state index in [1.807, 2.05) is 12.1 Å². The average Bonchev–Trinajstić information content (AvgIpc) is 2.54. The zero-order valence-electron chi connectivity index (χ0n) is 13.0. The van der Waals surface area contributed by atoms with E-state index < -0.39 is 0 Å². The number of benzene rings is 1. The van der Waals surface area contributed by atoms with Crippen molar-refractivity contribution in [3.8, 4) is 0 Å². The van der Waals surface area contributed by atoms with Crippen LogP contribution in [0.1, 0.15) is 67.3 Å². The van der Waals surface area contributed by atoms with Crippen molar-refractivity contribution >= 4 is 5.97 Å². The van der Waals surface area contributed by atoms with Crippen LogP contribution in [-0.4, -0.2) is 12.6 Å². The van der Waals surface area contributed by atoms with Gasteiger partial charge in [-0.2, -0.15) is 0 Å². The molecule has 0 spiro atoms. The number of hydrogen-bond acceptors (Lipinski definition) is 2. The number of ether oxygens (including phenoxy) is 1.